The maximum Gasteiger partial charge on any atom is 0.416 e. The summed E-state index contributed by atoms with van der Waals surface area (Å²) in [5.41, 5.74) is 0.196. The van der Waals surface area contributed by atoms with Crippen LogP contribution >= 0.6 is 40.7 Å². The quantitative estimate of drug-likeness (QED) is 0.531. The molecule has 2 nitrogen and oxygen atoms in total. The molecule has 0 radical (unpaired) electrons. The van der Waals surface area contributed by atoms with Crippen LogP contribution in [0.15, 0.2) is 22.7 Å². The van der Waals surface area contributed by atoms with Crippen molar-refractivity contribution < 1.29 is 13.2 Å². The fraction of sp³-hybridized carbons (Fsp3) is 0.647. The Kier molecular flexibility index (Phi) is 11.6. The van der Waals surface area contributed by atoms with E-state index in [1.54, 1.807) is 0 Å². The molecule has 0 spiro atoms. The second-order valence-electron chi connectivity index (χ2n) is 6.07. The van der Waals surface area contributed by atoms with Crippen molar-refractivity contribution >= 4 is 40.7 Å². The molecule has 0 saturated carbocycles. The number of unbranched alkanes of at least 4 members (excludes halogenated alkanes) is 2. The van der Waals surface area contributed by atoms with Crippen LogP contribution in [0.3, 0.4) is 0 Å². The van der Waals surface area contributed by atoms with E-state index in [9.17, 15) is 13.2 Å². The van der Waals surface area contributed by atoms with E-state index in [-0.39, 0.29) is 30.9 Å². The molecule has 1 saturated heterocycles. The lowest BCUT2D eigenvalue weighted by atomic mass is 9.96. The van der Waals surface area contributed by atoms with Crippen LogP contribution in [-0.2, 0) is 6.18 Å². The summed E-state index contributed by atoms with van der Waals surface area (Å²) in [6, 6.07) is 4.38. The summed E-state index contributed by atoms with van der Waals surface area (Å²) in [4.78, 5) is 2.31. The van der Waals surface area contributed by atoms with Crippen molar-refractivity contribution in [1.82, 2.24) is 10.2 Å². The van der Waals surface area contributed by atoms with E-state index in [1.165, 1.54) is 6.07 Å². The number of rotatable bonds is 6. The Morgan fingerprint density at radius 2 is 1.76 bits per heavy atom. The molecule has 1 atom stereocenters. The van der Waals surface area contributed by atoms with E-state index in [4.69, 9.17) is 0 Å². The average Bonchev–Trinajstić information content (AvgIpc) is 2.51. The molecule has 1 N–H and O–H groups in total. The van der Waals surface area contributed by atoms with Gasteiger partial charge in [-0.2, -0.15) is 13.2 Å². The van der Waals surface area contributed by atoms with Gasteiger partial charge >= 0.3 is 6.18 Å². The zero-order valence-electron chi connectivity index (χ0n) is 14.2. The Morgan fingerprint density at radius 1 is 1.12 bits per heavy atom. The molecule has 25 heavy (non-hydrogen) atoms. The number of nitrogens with zero attached hydrogens (tertiary/aromatic N) is 1. The topological polar surface area (TPSA) is 15.3 Å². The monoisotopic (exact) mass is 464 g/mol. The predicted molar refractivity (Wildman–Crippen MR) is 105 cm³/mol. The average molecular weight is 466 g/mol. The summed E-state index contributed by atoms with van der Waals surface area (Å²) in [6.45, 7) is 5.69. The number of hydrogen-bond donors (Lipinski definition) is 1. The minimum Gasteiger partial charge on any atom is -0.314 e. The molecule has 1 aromatic rings. The first-order valence-corrected chi connectivity index (χ1v) is 9.03. The summed E-state index contributed by atoms with van der Waals surface area (Å²) in [7, 11) is 0. The van der Waals surface area contributed by atoms with Crippen molar-refractivity contribution in [3.8, 4) is 0 Å². The molecule has 8 heteroatoms. The first-order chi connectivity index (χ1) is 10.9. The molecule has 1 aromatic carbocycles. The van der Waals surface area contributed by atoms with Crippen LogP contribution in [0.25, 0.3) is 0 Å². The normalized spacial score (nSPS) is 16.7. The SMILES string of the molecule is CCCCC[C@@H](c1cc(Br)cc(C(F)(F)F)c1)N1CCNCC1.Cl.Cl. The van der Waals surface area contributed by atoms with Crippen LogP contribution in [-0.4, -0.2) is 31.1 Å². The van der Waals surface area contributed by atoms with Gasteiger partial charge < -0.3 is 5.32 Å². The maximum atomic E-state index is 13.1. The zero-order chi connectivity index (χ0) is 16.9. The molecule has 146 valence electrons. The lowest BCUT2D eigenvalue weighted by molar-refractivity contribution is -0.137. The number of piperazine rings is 1. The highest BCUT2D eigenvalue weighted by Crippen LogP contribution is 2.36. The smallest absolute Gasteiger partial charge is 0.314 e. The minimum absolute atomic E-state index is 0. The van der Waals surface area contributed by atoms with Gasteiger partial charge in [-0.1, -0.05) is 42.1 Å². The van der Waals surface area contributed by atoms with Gasteiger partial charge in [-0.05, 0) is 30.2 Å². The Morgan fingerprint density at radius 3 is 2.32 bits per heavy atom. The molecular formula is C17H26BrCl2F3N2. The highest BCUT2D eigenvalue weighted by molar-refractivity contribution is 9.10. The van der Waals surface area contributed by atoms with Gasteiger partial charge in [0.2, 0.25) is 0 Å². The van der Waals surface area contributed by atoms with Crippen molar-refractivity contribution in [2.24, 2.45) is 0 Å². The van der Waals surface area contributed by atoms with Crippen molar-refractivity contribution in [3.63, 3.8) is 0 Å². The summed E-state index contributed by atoms with van der Waals surface area (Å²) in [6.07, 6.45) is -0.139. The summed E-state index contributed by atoms with van der Waals surface area (Å²) < 4.78 is 39.8. The Balaban J connectivity index is 0.00000288. The van der Waals surface area contributed by atoms with Crippen LogP contribution in [0.4, 0.5) is 13.2 Å². The number of hydrogen-bond acceptors (Lipinski definition) is 2. The van der Waals surface area contributed by atoms with Crippen LogP contribution in [0, 0.1) is 0 Å². The highest BCUT2D eigenvalue weighted by atomic mass is 79.9. The van der Waals surface area contributed by atoms with E-state index in [1.807, 2.05) is 6.07 Å². The number of benzene rings is 1. The van der Waals surface area contributed by atoms with Gasteiger partial charge in [-0.15, -0.1) is 24.8 Å². The van der Waals surface area contributed by atoms with Gasteiger partial charge in [0.15, 0.2) is 0 Å². The Labute approximate surface area is 168 Å². The molecule has 0 aromatic heterocycles. The van der Waals surface area contributed by atoms with Crippen molar-refractivity contribution in [1.29, 1.82) is 0 Å². The fourth-order valence-electron chi connectivity index (χ4n) is 3.11. The third kappa shape index (κ3) is 7.63. The van der Waals surface area contributed by atoms with Crippen LogP contribution in [0.1, 0.15) is 49.8 Å². The lowest BCUT2D eigenvalue weighted by Gasteiger charge is -2.35. The van der Waals surface area contributed by atoms with E-state index in [2.05, 4.69) is 33.1 Å². The van der Waals surface area contributed by atoms with Crippen molar-refractivity contribution in [2.75, 3.05) is 26.2 Å². The van der Waals surface area contributed by atoms with Crippen molar-refractivity contribution in [3.05, 3.63) is 33.8 Å². The fourth-order valence-corrected chi connectivity index (χ4v) is 3.62. The second-order valence-corrected chi connectivity index (χ2v) is 6.98. The van der Waals surface area contributed by atoms with Gasteiger partial charge in [-0.3, -0.25) is 4.90 Å². The predicted octanol–water partition coefficient (Wildman–Crippen LogP) is 5.84. The summed E-state index contributed by atoms with van der Waals surface area (Å²) >= 11 is 3.25. The molecule has 0 unspecified atom stereocenters. The van der Waals surface area contributed by atoms with Gasteiger partial charge in [0.1, 0.15) is 0 Å². The largest absolute Gasteiger partial charge is 0.416 e. The minimum atomic E-state index is -4.31. The van der Waals surface area contributed by atoms with Gasteiger partial charge in [0.25, 0.3) is 0 Å². The highest BCUT2D eigenvalue weighted by Gasteiger charge is 2.32. The third-order valence-corrected chi connectivity index (χ3v) is 4.76. The van der Waals surface area contributed by atoms with E-state index < -0.39 is 11.7 Å². The van der Waals surface area contributed by atoms with E-state index >= 15 is 0 Å². The van der Waals surface area contributed by atoms with Gasteiger partial charge in [0, 0.05) is 36.7 Å². The molecule has 1 heterocycles. The summed E-state index contributed by atoms with van der Waals surface area (Å²) in [5, 5.41) is 3.30. The first-order valence-electron chi connectivity index (χ1n) is 8.24. The summed E-state index contributed by atoms with van der Waals surface area (Å²) in [5.74, 6) is 0. The standard InChI is InChI=1S/C17H24BrF3N2.2ClH/c1-2-3-4-5-16(23-8-6-22-7-9-23)13-10-14(17(19,20)21)12-15(18)11-13;;/h10-12,16,22H,2-9H2,1H3;2*1H/t16-;;/m0../s1. The van der Waals surface area contributed by atoms with Gasteiger partial charge in [0.05, 0.1) is 5.56 Å². The number of alkyl halides is 3. The van der Waals surface area contributed by atoms with Crippen LogP contribution in [0.5, 0.6) is 0 Å². The zero-order valence-corrected chi connectivity index (χ0v) is 17.5. The second kappa shape index (κ2) is 11.7. The van der Waals surface area contributed by atoms with Crippen LogP contribution < -0.4 is 5.32 Å². The number of nitrogens with one attached hydrogen (secondary N) is 1. The molecule has 0 amide bonds. The van der Waals surface area contributed by atoms with Crippen LogP contribution in [0.2, 0.25) is 0 Å². The Bertz CT molecular complexity index is 509. The van der Waals surface area contributed by atoms with E-state index in [0.717, 1.165) is 63.5 Å². The molecule has 0 bridgehead atoms. The molecule has 1 aliphatic rings. The Hall–Kier alpha value is -0.0100. The molecule has 1 fully saturated rings. The van der Waals surface area contributed by atoms with Crippen molar-refractivity contribution in [2.45, 2.75) is 44.8 Å². The third-order valence-electron chi connectivity index (χ3n) is 4.31. The number of halogens is 6. The molecule has 1 aliphatic heterocycles. The molecule has 0 aliphatic carbocycles. The maximum absolute atomic E-state index is 13.1. The molecular weight excluding hydrogens is 440 g/mol. The molecule has 2 rings (SSSR count). The van der Waals surface area contributed by atoms with E-state index in [0.29, 0.717) is 4.47 Å². The lowest BCUT2D eigenvalue weighted by Crippen LogP contribution is -2.45. The van der Waals surface area contributed by atoms with Gasteiger partial charge in [-0.25, -0.2) is 0 Å². The first kappa shape index (κ1) is 25.0.